The van der Waals surface area contributed by atoms with Crippen molar-refractivity contribution in [1.82, 2.24) is 19.7 Å². The first-order valence-corrected chi connectivity index (χ1v) is 7.45. The fourth-order valence-corrected chi connectivity index (χ4v) is 2.99. The quantitative estimate of drug-likeness (QED) is 0.729. The minimum Gasteiger partial charge on any atom is -0.335 e. The van der Waals surface area contributed by atoms with E-state index in [4.69, 9.17) is 0 Å². The Morgan fingerprint density at radius 3 is 2.91 bits per heavy atom. The van der Waals surface area contributed by atoms with Crippen LogP contribution in [0.3, 0.4) is 0 Å². The number of hydrogen-bond donors (Lipinski definition) is 0. The molecule has 3 aromatic rings. The number of carbonyl (C=O) groups excluding carboxylic acids is 1. The van der Waals surface area contributed by atoms with Crippen LogP contribution >= 0.6 is 0 Å². The van der Waals surface area contributed by atoms with Gasteiger partial charge in [-0.1, -0.05) is 24.3 Å². The number of benzene rings is 1. The number of fused-ring (bicyclic) bond motifs is 1. The highest BCUT2D eigenvalue weighted by Gasteiger charge is 2.28. The number of para-hydroxylation sites is 1. The third kappa shape index (κ3) is 2.24. The van der Waals surface area contributed by atoms with Gasteiger partial charge in [0.25, 0.3) is 5.91 Å². The summed E-state index contributed by atoms with van der Waals surface area (Å²) < 4.78 is 1.93. The number of pyridine rings is 1. The summed E-state index contributed by atoms with van der Waals surface area (Å²) in [6, 6.07) is 13.8. The average Bonchev–Trinajstić information content (AvgIpc) is 3.24. The Labute approximate surface area is 128 Å². The van der Waals surface area contributed by atoms with Crippen molar-refractivity contribution in [2.24, 2.45) is 0 Å². The maximum absolute atomic E-state index is 12.6. The van der Waals surface area contributed by atoms with Crippen LogP contribution in [0, 0.1) is 0 Å². The summed E-state index contributed by atoms with van der Waals surface area (Å²) in [7, 11) is 0. The third-order valence-corrected chi connectivity index (χ3v) is 4.17. The van der Waals surface area contributed by atoms with Crippen LogP contribution in [0.4, 0.5) is 0 Å². The molecular weight excluding hydrogens is 276 g/mol. The molecule has 0 radical (unpaired) electrons. The van der Waals surface area contributed by atoms with Crippen LogP contribution in [0.25, 0.3) is 10.9 Å². The molecule has 22 heavy (non-hydrogen) atoms. The Balaban J connectivity index is 1.56. The lowest BCUT2D eigenvalue weighted by atomic mass is 10.2. The molecule has 0 spiro atoms. The molecule has 2 aromatic heterocycles. The van der Waals surface area contributed by atoms with Crippen LogP contribution < -0.4 is 0 Å². The van der Waals surface area contributed by atoms with Gasteiger partial charge in [-0.05, 0) is 24.6 Å². The molecule has 1 fully saturated rings. The van der Waals surface area contributed by atoms with Gasteiger partial charge in [0.05, 0.1) is 11.6 Å². The van der Waals surface area contributed by atoms with Crippen molar-refractivity contribution in [2.75, 3.05) is 13.1 Å². The molecule has 1 saturated heterocycles. The highest BCUT2D eigenvalue weighted by Crippen LogP contribution is 2.22. The van der Waals surface area contributed by atoms with Gasteiger partial charge >= 0.3 is 0 Å². The number of aromatic nitrogens is 3. The van der Waals surface area contributed by atoms with E-state index >= 15 is 0 Å². The molecule has 4 rings (SSSR count). The first kappa shape index (κ1) is 13.0. The maximum Gasteiger partial charge on any atom is 0.272 e. The molecule has 5 nitrogen and oxygen atoms in total. The zero-order valence-corrected chi connectivity index (χ0v) is 12.1. The van der Waals surface area contributed by atoms with E-state index in [1.54, 1.807) is 6.20 Å². The summed E-state index contributed by atoms with van der Waals surface area (Å²) in [5.41, 5.74) is 1.37. The van der Waals surface area contributed by atoms with Crippen LogP contribution in [-0.4, -0.2) is 38.7 Å². The smallest absolute Gasteiger partial charge is 0.272 e. The van der Waals surface area contributed by atoms with Crippen molar-refractivity contribution in [3.8, 4) is 0 Å². The molecule has 0 saturated carbocycles. The van der Waals surface area contributed by atoms with Gasteiger partial charge in [0, 0.05) is 30.9 Å². The van der Waals surface area contributed by atoms with E-state index in [1.165, 1.54) is 0 Å². The van der Waals surface area contributed by atoms with Gasteiger partial charge < -0.3 is 4.90 Å². The predicted molar refractivity (Wildman–Crippen MR) is 83.5 cm³/mol. The zero-order chi connectivity index (χ0) is 14.9. The number of amides is 1. The summed E-state index contributed by atoms with van der Waals surface area (Å²) in [5.74, 6) is 0.000379. The number of rotatable bonds is 2. The molecule has 1 aliphatic heterocycles. The average molecular weight is 292 g/mol. The lowest BCUT2D eigenvalue weighted by Crippen LogP contribution is -2.29. The fraction of sp³-hybridized carbons (Fsp3) is 0.235. The normalized spacial score (nSPS) is 18.0. The van der Waals surface area contributed by atoms with Gasteiger partial charge in [0.15, 0.2) is 0 Å². The largest absolute Gasteiger partial charge is 0.335 e. The van der Waals surface area contributed by atoms with E-state index in [9.17, 15) is 4.79 Å². The number of likely N-dealkylation sites (tertiary alicyclic amines) is 1. The number of hydrogen-bond acceptors (Lipinski definition) is 3. The zero-order valence-electron chi connectivity index (χ0n) is 12.1. The molecule has 1 amide bonds. The van der Waals surface area contributed by atoms with E-state index in [-0.39, 0.29) is 11.9 Å². The van der Waals surface area contributed by atoms with Crippen molar-refractivity contribution < 1.29 is 4.79 Å². The van der Waals surface area contributed by atoms with E-state index in [0.717, 1.165) is 23.9 Å². The highest BCUT2D eigenvalue weighted by molar-refractivity contribution is 5.95. The van der Waals surface area contributed by atoms with Gasteiger partial charge in [-0.15, -0.1) is 0 Å². The lowest BCUT2D eigenvalue weighted by Gasteiger charge is -2.16. The Morgan fingerprint density at radius 2 is 2.05 bits per heavy atom. The van der Waals surface area contributed by atoms with Gasteiger partial charge in [0.1, 0.15) is 5.69 Å². The fourth-order valence-electron chi connectivity index (χ4n) is 2.99. The van der Waals surface area contributed by atoms with E-state index < -0.39 is 0 Å². The maximum atomic E-state index is 12.6. The Kier molecular flexibility index (Phi) is 3.11. The molecule has 1 unspecified atom stereocenters. The molecule has 110 valence electrons. The van der Waals surface area contributed by atoms with Crippen LogP contribution in [0.15, 0.2) is 54.9 Å². The topological polar surface area (TPSA) is 51.0 Å². The Morgan fingerprint density at radius 1 is 1.14 bits per heavy atom. The predicted octanol–water partition coefficient (Wildman–Crippen LogP) is 2.52. The molecule has 0 aliphatic carbocycles. The minimum atomic E-state index is 0.000379. The molecule has 1 atom stereocenters. The van der Waals surface area contributed by atoms with E-state index in [1.807, 2.05) is 58.2 Å². The highest BCUT2D eigenvalue weighted by atomic mass is 16.2. The Hall–Kier alpha value is -2.69. The second-order valence-corrected chi connectivity index (χ2v) is 5.57. The van der Waals surface area contributed by atoms with Crippen molar-refractivity contribution in [1.29, 1.82) is 0 Å². The molecular formula is C17H16N4O. The standard InChI is InChI=1S/C17H16N4O/c22-17(16-7-6-13-4-1-2-5-15(13)19-16)20-11-8-14(12-20)21-10-3-9-18-21/h1-7,9-10,14H,8,11-12H2. The van der Waals surface area contributed by atoms with Crippen LogP contribution in [0.1, 0.15) is 23.0 Å². The van der Waals surface area contributed by atoms with Crippen LogP contribution in [0.2, 0.25) is 0 Å². The molecule has 1 aromatic carbocycles. The molecule has 0 N–H and O–H groups in total. The summed E-state index contributed by atoms with van der Waals surface area (Å²) in [4.78, 5) is 19.0. The third-order valence-electron chi connectivity index (χ3n) is 4.17. The van der Waals surface area contributed by atoms with Crippen LogP contribution in [0.5, 0.6) is 0 Å². The van der Waals surface area contributed by atoms with E-state index in [2.05, 4.69) is 10.1 Å². The lowest BCUT2D eigenvalue weighted by molar-refractivity contribution is 0.0781. The van der Waals surface area contributed by atoms with Gasteiger partial charge in [0.2, 0.25) is 0 Å². The molecule has 1 aliphatic rings. The molecule has 0 bridgehead atoms. The summed E-state index contributed by atoms with van der Waals surface area (Å²) >= 11 is 0. The molecule has 5 heteroatoms. The second kappa shape index (κ2) is 5.26. The van der Waals surface area contributed by atoms with Gasteiger partial charge in [-0.25, -0.2) is 4.98 Å². The van der Waals surface area contributed by atoms with Crippen molar-refractivity contribution in [3.05, 3.63) is 60.6 Å². The SMILES string of the molecule is O=C(c1ccc2ccccc2n1)N1CCC(n2cccn2)C1. The minimum absolute atomic E-state index is 0.000379. The summed E-state index contributed by atoms with van der Waals surface area (Å²) in [6.07, 6.45) is 4.66. The first-order valence-electron chi connectivity index (χ1n) is 7.45. The van der Waals surface area contributed by atoms with Gasteiger partial charge in [-0.2, -0.15) is 5.10 Å². The summed E-state index contributed by atoms with van der Waals surface area (Å²) in [6.45, 7) is 1.44. The van der Waals surface area contributed by atoms with Gasteiger partial charge in [-0.3, -0.25) is 9.48 Å². The Bertz CT molecular complexity index is 812. The van der Waals surface area contributed by atoms with Crippen molar-refractivity contribution in [3.63, 3.8) is 0 Å². The first-order chi connectivity index (χ1) is 10.8. The van der Waals surface area contributed by atoms with Crippen molar-refractivity contribution >= 4 is 16.8 Å². The molecule has 3 heterocycles. The van der Waals surface area contributed by atoms with E-state index in [0.29, 0.717) is 12.2 Å². The second-order valence-electron chi connectivity index (χ2n) is 5.57. The number of nitrogens with zero attached hydrogens (tertiary/aromatic N) is 4. The monoisotopic (exact) mass is 292 g/mol. The van der Waals surface area contributed by atoms with Crippen molar-refractivity contribution in [2.45, 2.75) is 12.5 Å². The summed E-state index contributed by atoms with van der Waals surface area (Å²) in [5, 5.41) is 5.32. The van der Waals surface area contributed by atoms with Crippen LogP contribution in [-0.2, 0) is 0 Å². The number of carbonyl (C=O) groups is 1.